The number of phenolic OH excluding ortho intramolecular Hbond substituents is 1. The lowest BCUT2D eigenvalue weighted by molar-refractivity contribution is 0.0951. The minimum absolute atomic E-state index is 0.0270. The predicted molar refractivity (Wildman–Crippen MR) is 82.0 cm³/mol. The minimum atomic E-state index is -0.0942. The highest BCUT2D eigenvalue weighted by atomic mass is 35.5. The molecule has 0 aromatic heterocycles. The van der Waals surface area contributed by atoms with Gasteiger partial charge in [0, 0.05) is 18.2 Å². The molecule has 0 spiro atoms. The second-order valence-corrected chi connectivity index (χ2v) is 4.84. The molecule has 0 aliphatic rings. The fourth-order valence-corrected chi connectivity index (χ4v) is 1.90. The van der Waals surface area contributed by atoms with E-state index in [9.17, 15) is 9.90 Å². The van der Waals surface area contributed by atoms with Gasteiger partial charge in [-0.1, -0.05) is 29.8 Å². The molecule has 2 aromatic carbocycles. The van der Waals surface area contributed by atoms with Crippen LogP contribution in [0.1, 0.15) is 16.8 Å². The van der Waals surface area contributed by atoms with Crippen molar-refractivity contribution in [2.45, 2.75) is 6.42 Å². The van der Waals surface area contributed by atoms with Gasteiger partial charge in [0.25, 0.3) is 5.91 Å². The zero-order chi connectivity index (χ0) is 15.1. The first kappa shape index (κ1) is 15.2. The molecular formula is C16H16ClNO3. The lowest BCUT2D eigenvalue weighted by atomic mass is 10.2. The van der Waals surface area contributed by atoms with Gasteiger partial charge in [-0.25, -0.2) is 0 Å². The molecule has 110 valence electrons. The number of benzene rings is 2. The summed E-state index contributed by atoms with van der Waals surface area (Å²) in [7, 11) is 0. The quantitative estimate of drug-likeness (QED) is 0.806. The van der Waals surface area contributed by atoms with Crippen LogP contribution < -0.4 is 10.1 Å². The van der Waals surface area contributed by atoms with E-state index < -0.39 is 0 Å². The molecule has 2 rings (SSSR count). The van der Waals surface area contributed by atoms with E-state index in [-0.39, 0.29) is 16.7 Å². The first-order chi connectivity index (χ1) is 10.2. The summed E-state index contributed by atoms with van der Waals surface area (Å²) in [4.78, 5) is 11.8. The van der Waals surface area contributed by atoms with E-state index in [0.29, 0.717) is 30.9 Å². The largest absolute Gasteiger partial charge is 0.506 e. The van der Waals surface area contributed by atoms with Crippen molar-refractivity contribution in [2.24, 2.45) is 0 Å². The van der Waals surface area contributed by atoms with Gasteiger partial charge in [-0.2, -0.15) is 0 Å². The summed E-state index contributed by atoms with van der Waals surface area (Å²) in [5.74, 6) is 0.523. The van der Waals surface area contributed by atoms with Crippen molar-refractivity contribution in [3.05, 3.63) is 59.1 Å². The van der Waals surface area contributed by atoms with E-state index >= 15 is 0 Å². The molecule has 2 aromatic rings. The van der Waals surface area contributed by atoms with Crippen molar-refractivity contribution < 1.29 is 14.6 Å². The molecule has 2 N–H and O–H groups in total. The number of hydrogen-bond acceptors (Lipinski definition) is 3. The van der Waals surface area contributed by atoms with Crippen molar-refractivity contribution in [3.63, 3.8) is 0 Å². The number of rotatable bonds is 6. The van der Waals surface area contributed by atoms with Crippen molar-refractivity contribution >= 4 is 17.5 Å². The van der Waals surface area contributed by atoms with Gasteiger partial charge in [-0.3, -0.25) is 4.79 Å². The highest BCUT2D eigenvalue weighted by Crippen LogP contribution is 2.27. The van der Waals surface area contributed by atoms with Crippen LogP contribution in [0.4, 0.5) is 0 Å². The maximum atomic E-state index is 11.8. The van der Waals surface area contributed by atoms with Gasteiger partial charge < -0.3 is 15.2 Å². The van der Waals surface area contributed by atoms with Crippen LogP contribution in [0.3, 0.4) is 0 Å². The van der Waals surface area contributed by atoms with Crippen LogP contribution in [0.25, 0.3) is 0 Å². The zero-order valence-electron chi connectivity index (χ0n) is 11.4. The van der Waals surface area contributed by atoms with Crippen LogP contribution in [0.5, 0.6) is 11.5 Å². The normalized spacial score (nSPS) is 10.1. The van der Waals surface area contributed by atoms with Crippen molar-refractivity contribution in [1.82, 2.24) is 5.32 Å². The third-order valence-corrected chi connectivity index (χ3v) is 3.13. The summed E-state index contributed by atoms with van der Waals surface area (Å²) >= 11 is 5.78. The topological polar surface area (TPSA) is 58.6 Å². The summed E-state index contributed by atoms with van der Waals surface area (Å²) in [6.45, 7) is 0.982. The Bertz CT molecular complexity index is 602. The van der Waals surface area contributed by atoms with Gasteiger partial charge in [0.1, 0.15) is 11.5 Å². The van der Waals surface area contributed by atoms with Crippen molar-refractivity contribution in [1.29, 1.82) is 0 Å². The average molecular weight is 306 g/mol. The molecular weight excluding hydrogens is 290 g/mol. The maximum absolute atomic E-state index is 11.8. The molecule has 0 fully saturated rings. The second kappa shape index (κ2) is 7.55. The molecule has 0 aliphatic heterocycles. The lowest BCUT2D eigenvalue weighted by Gasteiger charge is -2.08. The molecule has 0 bridgehead atoms. The number of carbonyl (C=O) groups excluding carboxylic acids is 1. The number of ether oxygens (including phenoxy) is 1. The van der Waals surface area contributed by atoms with Gasteiger partial charge >= 0.3 is 0 Å². The van der Waals surface area contributed by atoms with E-state index in [2.05, 4.69) is 5.32 Å². The van der Waals surface area contributed by atoms with Crippen LogP contribution in [-0.4, -0.2) is 24.2 Å². The Morgan fingerprint density at radius 1 is 1.19 bits per heavy atom. The van der Waals surface area contributed by atoms with Crippen LogP contribution in [-0.2, 0) is 0 Å². The van der Waals surface area contributed by atoms with Crippen LogP contribution in [0, 0.1) is 0 Å². The molecule has 0 saturated carbocycles. The SMILES string of the molecule is O=C(NCCCOc1ccc(O)c(Cl)c1)c1ccccc1. The molecule has 0 heterocycles. The molecule has 1 amide bonds. The van der Waals surface area contributed by atoms with E-state index in [1.54, 1.807) is 24.3 Å². The van der Waals surface area contributed by atoms with Gasteiger partial charge in [-0.05, 0) is 30.7 Å². The van der Waals surface area contributed by atoms with Gasteiger partial charge in [0.05, 0.1) is 11.6 Å². The summed E-state index contributed by atoms with van der Waals surface area (Å²) in [6, 6.07) is 13.7. The van der Waals surface area contributed by atoms with E-state index in [0.717, 1.165) is 0 Å². The smallest absolute Gasteiger partial charge is 0.251 e. The summed E-state index contributed by atoms with van der Waals surface area (Å²) in [6.07, 6.45) is 0.678. The monoisotopic (exact) mass is 305 g/mol. The predicted octanol–water partition coefficient (Wildman–Crippen LogP) is 3.24. The van der Waals surface area contributed by atoms with E-state index in [1.165, 1.54) is 6.07 Å². The van der Waals surface area contributed by atoms with Crippen LogP contribution >= 0.6 is 11.6 Å². The number of amides is 1. The third-order valence-electron chi connectivity index (χ3n) is 2.83. The Labute approximate surface area is 128 Å². The molecule has 0 atom stereocenters. The van der Waals surface area contributed by atoms with Gasteiger partial charge in [-0.15, -0.1) is 0 Å². The maximum Gasteiger partial charge on any atom is 0.251 e. The fourth-order valence-electron chi connectivity index (χ4n) is 1.73. The standard InChI is InChI=1S/C16H16ClNO3/c17-14-11-13(7-8-15(14)19)21-10-4-9-18-16(20)12-5-2-1-3-6-12/h1-3,5-8,11,19H,4,9-10H2,(H,18,20). The zero-order valence-corrected chi connectivity index (χ0v) is 12.1. The van der Waals surface area contributed by atoms with Crippen molar-refractivity contribution in [2.75, 3.05) is 13.2 Å². The Kier molecular flexibility index (Phi) is 5.46. The number of carbonyl (C=O) groups is 1. The molecule has 21 heavy (non-hydrogen) atoms. The summed E-state index contributed by atoms with van der Waals surface area (Å²) < 4.78 is 5.48. The van der Waals surface area contributed by atoms with E-state index in [4.69, 9.17) is 16.3 Å². The number of aromatic hydroxyl groups is 1. The van der Waals surface area contributed by atoms with Gasteiger partial charge in [0.15, 0.2) is 0 Å². The van der Waals surface area contributed by atoms with Crippen molar-refractivity contribution in [3.8, 4) is 11.5 Å². The Hall–Kier alpha value is -2.20. The first-order valence-electron chi connectivity index (χ1n) is 6.61. The second-order valence-electron chi connectivity index (χ2n) is 4.44. The van der Waals surface area contributed by atoms with E-state index in [1.807, 2.05) is 18.2 Å². The highest BCUT2D eigenvalue weighted by molar-refractivity contribution is 6.32. The molecule has 4 nitrogen and oxygen atoms in total. The number of hydrogen-bond donors (Lipinski definition) is 2. The lowest BCUT2D eigenvalue weighted by Crippen LogP contribution is -2.25. The molecule has 5 heteroatoms. The third kappa shape index (κ3) is 4.68. The molecule has 0 aliphatic carbocycles. The number of nitrogens with one attached hydrogen (secondary N) is 1. The summed E-state index contributed by atoms with van der Waals surface area (Å²) in [5.41, 5.74) is 0.642. The molecule has 0 unspecified atom stereocenters. The molecule has 0 radical (unpaired) electrons. The Morgan fingerprint density at radius 2 is 1.95 bits per heavy atom. The number of halogens is 1. The molecule has 0 saturated heterocycles. The van der Waals surface area contributed by atoms with Gasteiger partial charge in [0.2, 0.25) is 0 Å². The number of phenols is 1. The Balaban J connectivity index is 1.68. The fraction of sp³-hybridized carbons (Fsp3) is 0.188. The van der Waals surface area contributed by atoms with Crippen LogP contribution in [0.15, 0.2) is 48.5 Å². The highest BCUT2D eigenvalue weighted by Gasteiger charge is 2.03. The van der Waals surface area contributed by atoms with Crippen LogP contribution in [0.2, 0.25) is 5.02 Å². The first-order valence-corrected chi connectivity index (χ1v) is 6.99. The minimum Gasteiger partial charge on any atom is -0.506 e. The Morgan fingerprint density at radius 3 is 2.67 bits per heavy atom. The average Bonchev–Trinajstić information content (AvgIpc) is 2.51. The summed E-state index contributed by atoms with van der Waals surface area (Å²) in [5, 5.41) is 12.4.